The van der Waals surface area contributed by atoms with Gasteiger partial charge in [-0.25, -0.2) is 0 Å². The lowest BCUT2D eigenvalue weighted by Crippen LogP contribution is -2.37. The predicted molar refractivity (Wildman–Crippen MR) is 111 cm³/mol. The van der Waals surface area contributed by atoms with E-state index in [-0.39, 0.29) is 18.4 Å². The summed E-state index contributed by atoms with van der Waals surface area (Å²) in [6.07, 6.45) is 3.05. The molecule has 1 saturated heterocycles. The molecule has 5 nitrogen and oxygen atoms in total. The summed E-state index contributed by atoms with van der Waals surface area (Å²) in [4.78, 5) is 26.8. The maximum Gasteiger partial charge on any atom is 0.262 e. The summed E-state index contributed by atoms with van der Waals surface area (Å²) >= 11 is 0. The number of nitrogens with one attached hydrogen (secondary N) is 1. The molecule has 0 radical (unpaired) electrons. The van der Waals surface area contributed by atoms with E-state index in [1.165, 1.54) is 5.56 Å². The zero-order valence-corrected chi connectivity index (χ0v) is 16.6. The summed E-state index contributed by atoms with van der Waals surface area (Å²) in [5.41, 5.74) is 2.43. The molecular formula is C23H28N2O3. The number of carbonyl (C=O) groups is 2. The first-order valence-corrected chi connectivity index (χ1v) is 9.96. The third-order valence-electron chi connectivity index (χ3n) is 5.17. The van der Waals surface area contributed by atoms with E-state index in [1.807, 2.05) is 29.2 Å². The second kappa shape index (κ2) is 9.40. The first-order chi connectivity index (χ1) is 13.5. The number of rotatable bonds is 6. The lowest BCUT2D eigenvalue weighted by molar-refractivity contribution is -0.118. The maximum atomic E-state index is 12.7. The highest BCUT2D eigenvalue weighted by Gasteiger charge is 2.21. The van der Waals surface area contributed by atoms with Crippen LogP contribution in [0.2, 0.25) is 0 Å². The first kappa shape index (κ1) is 19.9. The van der Waals surface area contributed by atoms with Crippen LogP contribution in [0.1, 0.15) is 42.6 Å². The smallest absolute Gasteiger partial charge is 0.262 e. The topological polar surface area (TPSA) is 58.6 Å². The number of piperidine rings is 1. The Morgan fingerprint density at radius 3 is 2.50 bits per heavy atom. The molecule has 0 saturated carbocycles. The summed E-state index contributed by atoms with van der Waals surface area (Å²) in [5, 5.41) is 2.81. The summed E-state index contributed by atoms with van der Waals surface area (Å²) in [6, 6.07) is 14.8. The Morgan fingerprint density at radius 2 is 1.82 bits per heavy atom. The molecule has 1 fully saturated rings. The van der Waals surface area contributed by atoms with Gasteiger partial charge in [0.05, 0.1) is 0 Å². The van der Waals surface area contributed by atoms with E-state index in [0.29, 0.717) is 22.9 Å². The number of likely N-dealkylation sites (tertiary alicyclic amines) is 1. The Morgan fingerprint density at radius 1 is 1.11 bits per heavy atom. The van der Waals surface area contributed by atoms with E-state index in [0.717, 1.165) is 32.4 Å². The number of hydrogen-bond donors (Lipinski definition) is 1. The van der Waals surface area contributed by atoms with Crippen molar-refractivity contribution in [2.75, 3.05) is 25.0 Å². The van der Waals surface area contributed by atoms with Crippen LogP contribution in [0.25, 0.3) is 0 Å². The van der Waals surface area contributed by atoms with Gasteiger partial charge in [0.15, 0.2) is 6.61 Å². The molecule has 0 bridgehead atoms. The van der Waals surface area contributed by atoms with Gasteiger partial charge in [-0.15, -0.1) is 0 Å². The molecular weight excluding hydrogens is 352 g/mol. The third kappa shape index (κ3) is 5.35. The monoisotopic (exact) mass is 380 g/mol. The average molecular weight is 380 g/mol. The number of benzene rings is 2. The molecule has 28 heavy (non-hydrogen) atoms. The molecule has 2 aromatic rings. The van der Waals surface area contributed by atoms with E-state index >= 15 is 0 Å². The van der Waals surface area contributed by atoms with Crippen LogP contribution >= 0.6 is 0 Å². The first-order valence-electron chi connectivity index (χ1n) is 9.96. The summed E-state index contributed by atoms with van der Waals surface area (Å²) in [7, 11) is 0. The normalized spacial score (nSPS) is 14.6. The minimum atomic E-state index is -0.254. The molecule has 0 atom stereocenters. The van der Waals surface area contributed by atoms with Gasteiger partial charge in [-0.1, -0.05) is 32.0 Å². The van der Waals surface area contributed by atoms with Crippen molar-refractivity contribution in [3.63, 3.8) is 0 Å². The molecule has 1 N–H and O–H groups in total. The predicted octanol–water partition coefficient (Wildman–Crippen LogP) is 4.14. The van der Waals surface area contributed by atoms with Crippen LogP contribution in [-0.2, 0) is 11.2 Å². The van der Waals surface area contributed by atoms with Crippen LogP contribution in [0.15, 0.2) is 48.5 Å². The fourth-order valence-corrected chi connectivity index (χ4v) is 3.29. The number of aryl methyl sites for hydroxylation is 1. The standard InChI is InChI=1S/C23H28N2O3/c1-3-18-7-9-21(10-8-18)28-16-22(26)24-20-6-4-5-19(15-20)23(27)25-13-11-17(2)12-14-25/h4-10,15,17H,3,11-14,16H2,1-2H3,(H,24,26). The number of nitrogens with zero attached hydrogens (tertiary/aromatic N) is 1. The highest BCUT2D eigenvalue weighted by atomic mass is 16.5. The van der Waals surface area contributed by atoms with Crippen LogP contribution in [-0.4, -0.2) is 36.4 Å². The fraction of sp³-hybridized carbons (Fsp3) is 0.391. The van der Waals surface area contributed by atoms with E-state index in [2.05, 4.69) is 19.2 Å². The van der Waals surface area contributed by atoms with Crippen molar-refractivity contribution in [3.8, 4) is 5.75 Å². The van der Waals surface area contributed by atoms with Crippen LogP contribution < -0.4 is 10.1 Å². The van der Waals surface area contributed by atoms with Crippen LogP contribution in [0.3, 0.4) is 0 Å². The van der Waals surface area contributed by atoms with Crippen LogP contribution in [0, 0.1) is 5.92 Å². The van der Waals surface area contributed by atoms with Gasteiger partial charge in [-0.3, -0.25) is 9.59 Å². The van der Waals surface area contributed by atoms with E-state index in [1.54, 1.807) is 24.3 Å². The molecule has 3 rings (SSSR count). The molecule has 1 aliphatic heterocycles. The zero-order valence-electron chi connectivity index (χ0n) is 16.6. The molecule has 1 heterocycles. The highest BCUT2D eigenvalue weighted by Crippen LogP contribution is 2.20. The summed E-state index contributed by atoms with van der Waals surface area (Å²) in [5.74, 6) is 1.11. The Hall–Kier alpha value is -2.82. The lowest BCUT2D eigenvalue weighted by Gasteiger charge is -2.30. The van der Waals surface area contributed by atoms with Gasteiger partial charge in [0.25, 0.3) is 11.8 Å². The van der Waals surface area contributed by atoms with Gasteiger partial charge in [-0.05, 0) is 61.1 Å². The van der Waals surface area contributed by atoms with E-state index in [4.69, 9.17) is 4.74 Å². The largest absolute Gasteiger partial charge is 0.484 e. The van der Waals surface area contributed by atoms with E-state index in [9.17, 15) is 9.59 Å². The SMILES string of the molecule is CCc1ccc(OCC(=O)Nc2cccc(C(=O)N3CCC(C)CC3)c2)cc1. The minimum absolute atomic E-state index is 0.0234. The highest BCUT2D eigenvalue weighted by molar-refractivity contribution is 5.97. The molecule has 2 amide bonds. The number of carbonyl (C=O) groups excluding carboxylic acids is 2. The summed E-state index contributed by atoms with van der Waals surface area (Å²) < 4.78 is 5.54. The molecule has 0 unspecified atom stereocenters. The Bertz CT molecular complexity index is 809. The van der Waals surface area contributed by atoms with Crippen LogP contribution in [0.5, 0.6) is 5.75 Å². The van der Waals surface area contributed by atoms with Gasteiger partial charge in [0, 0.05) is 24.3 Å². The summed E-state index contributed by atoms with van der Waals surface area (Å²) in [6.45, 7) is 5.82. The van der Waals surface area contributed by atoms with Gasteiger partial charge in [0.2, 0.25) is 0 Å². The maximum absolute atomic E-state index is 12.7. The van der Waals surface area contributed by atoms with Crippen molar-refractivity contribution in [3.05, 3.63) is 59.7 Å². The van der Waals surface area contributed by atoms with E-state index < -0.39 is 0 Å². The molecule has 1 aliphatic rings. The number of hydrogen-bond acceptors (Lipinski definition) is 3. The average Bonchev–Trinajstić information content (AvgIpc) is 2.73. The van der Waals surface area contributed by atoms with Crippen molar-refractivity contribution >= 4 is 17.5 Å². The fourth-order valence-electron chi connectivity index (χ4n) is 3.29. The molecule has 5 heteroatoms. The van der Waals surface area contributed by atoms with Gasteiger partial charge in [0.1, 0.15) is 5.75 Å². The zero-order chi connectivity index (χ0) is 19.9. The second-order valence-electron chi connectivity index (χ2n) is 7.39. The second-order valence-corrected chi connectivity index (χ2v) is 7.39. The molecule has 0 aromatic heterocycles. The third-order valence-corrected chi connectivity index (χ3v) is 5.17. The Labute approximate surface area is 166 Å². The van der Waals surface area contributed by atoms with Crippen molar-refractivity contribution in [1.82, 2.24) is 4.90 Å². The molecule has 0 spiro atoms. The quantitative estimate of drug-likeness (QED) is 0.819. The van der Waals surface area contributed by atoms with Crippen molar-refractivity contribution in [2.45, 2.75) is 33.1 Å². The lowest BCUT2D eigenvalue weighted by atomic mass is 9.98. The van der Waals surface area contributed by atoms with Gasteiger partial charge < -0.3 is 15.0 Å². The van der Waals surface area contributed by atoms with Crippen LogP contribution in [0.4, 0.5) is 5.69 Å². The van der Waals surface area contributed by atoms with Gasteiger partial charge in [-0.2, -0.15) is 0 Å². The number of ether oxygens (including phenoxy) is 1. The van der Waals surface area contributed by atoms with Gasteiger partial charge >= 0.3 is 0 Å². The number of amides is 2. The Kier molecular flexibility index (Phi) is 6.69. The van der Waals surface area contributed by atoms with Crippen molar-refractivity contribution in [1.29, 1.82) is 0 Å². The molecule has 148 valence electrons. The van der Waals surface area contributed by atoms with Crippen molar-refractivity contribution in [2.24, 2.45) is 5.92 Å². The molecule has 0 aliphatic carbocycles. The molecule has 2 aromatic carbocycles. The van der Waals surface area contributed by atoms with Crippen molar-refractivity contribution < 1.29 is 14.3 Å². The Balaban J connectivity index is 1.54. The number of anilines is 1. The minimum Gasteiger partial charge on any atom is -0.484 e.